The summed E-state index contributed by atoms with van der Waals surface area (Å²) in [7, 11) is 0. The highest BCUT2D eigenvalue weighted by Gasteiger charge is 2.29. The fourth-order valence-electron chi connectivity index (χ4n) is 3.18. The topological polar surface area (TPSA) is 64.6 Å². The van der Waals surface area contributed by atoms with Gasteiger partial charge in [0.25, 0.3) is 0 Å². The minimum atomic E-state index is -0.139. The number of urea groups is 1. The van der Waals surface area contributed by atoms with Gasteiger partial charge in [0.2, 0.25) is 0 Å². The number of rotatable bonds is 7. The van der Waals surface area contributed by atoms with Crippen molar-refractivity contribution in [3.8, 4) is 0 Å². The highest BCUT2D eigenvalue weighted by atomic mass is 16.3. The first-order valence-corrected chi connectivity index (χ1v) is 8.51. The maximum absolute atomic E-state index is 11.8. The van der Waals surface area contributed by atoms with Crippen molar-refractivity contribution in [1.82, 2.24) is 15.5 Å². The Bertz CT molecular complexity index is 480. The number of nitrogens with zero attached hydrogens (tertiary/aromatic N) is 1. The lowest BCUT2D eigenvalue weighted by molar-refractivity contribution is 0.228. The summed E-state index contributed by atoms with van der Waals surface area (Å²) >= 11 is 0. The van der Waals surface area contributed by atoms with E-state index in [4.69, 9.17) is 5.11 Å². The van der Waals surface area contributed by atoms with Crippen LogP contribution in [0.25, 0.3) is 0 Å². The molecule has 2 rings (SSSR count). The molecule has 128 valence electrons. The monoisotopic (exact) mass is 319 g/mol. The number of aliphatic hydroxyl groups excluding tert-OH is 1. The van der Waals surface area contributed by atoms with Crippen LogP contribution in [0.3, 0.4) is 0 Å². The van der Waals surface area contributed by atoms with Gasteiger partial charge in [0.05, 0.1) is 0 Å². The van der Waals surface area contributed by atoms with E-state index in [9.17, 15) is 4.79 Å². The van der Waals surface area contributed by atoms with E-state index in [-0.39, 0.29) is 18.7 Å². The summed E-state index contributed by atoms with van der Waals surface area (Å²) < 4.78 is 0. The van der Waals surface area contributed by atoms with Crippen molar-refractivity contribution in [3.05, 3.63) is 35.9 Å². The lowest BCUT2D eigenvalue weighted by Gasteiger charge is -2.21. The third kappa shape index (κ3) is 5.84. The van der Waals surface area contributed by atoms with Gasteiger partial charge in [-0.15, -0.1) is 0 Å². The summed E-state index contributed by atoms with van der Waals surface area (Å²) in [5, 5.41) is 14.7. The van der Waals surface area contributed by atoms with Crippen LogP contribution in [0.5, 0.6) is 0 Å². The fraction of sp³-hybridized carbons (Fsp3) is 0.611. The molecule has 0 radical (unpaired) electrons. The average Bonchev–Trinajstić information content (AvgIpc) is 2.86. The van der Waals surface area contributed by atoms with Gasteiger partial charge < -0.3 is 15.7 Å². The Morgan fingerprint density at radius 2 is 2.13 bits per heavy atom. The van der Waals surface area contributed by atoms with Gasteiger partial charge in [-0.3, -0.25) is 4.90 Å². The van der Waals surface area contributed by atoms with E-state index in [1.807, 2.05) is 13.0 Å². The largest absolute Gasteiger partial charge is 0.396 e. The van der Waals surface area contributed by atoms with Gasteiger partial charge >= 0.3 is 6.03 Å². The molecule has 2 amide bonds. The van der Waals surface area contributed by atoms with Gasteiger partial charge in [-0.2, -0.15) is 0 Å². The van der Waals surface area contributed by atoms with Crippen LogP contribution >= 0.6 is 0 Å². The molecular weight excluding hydrogens is 290 g/mol. The van der Waals surface area contributed by atoms with Crippen LogP contribution in [0.2, 0.25) is 0 Å². The SMILES string of the molecule is CC1CC(CNC(=O)N[C@H](C)CCO)CN1Cc1ccccc1. The Hall–Kier alpha value is -1.59. The number of carbonyl (C=O) groups is 1. The van der Waals surface area contributed by atoms with Crippen LogP contribution < -0.4 is 10.6 Å². The Morgan fingerprint density at radius 3 is 2.83 bits per heavy atom. The Balaban J connectivity index is 1.72. The first-order chi connectivity index (χ1) is 11.1. The molecule has 2 unspecified atom stereocenters. The second-order valence-electron chi connectivity index (χ2n) is 6.63. The van der Waals surface area contributed by atoms with E-state index in [0.29, 0.717) is 24.9 Å². The molecule has 1 aromatic rings. The summed E-state index contributed by atoms with van der Waals surface area (Å²) in [5.41, 5.74) is 1.34. The van der Waals surface area contributed by atoms with E-state index >= 15 is 0 Å². The average molecular weight is 319 g/mol. The van der Waals surface area contributed by atoms with Crippen molar-refractivity contribution in [1.29, 1.82) is 0 Å². The molecule has 5 heteroatoms. The summed E-state index contributed by atoms with van der Waals surface area (Å²) in [6.07, 6.45) is 1.69. The molecule has 0 bridgehead atoms. The first-order valence-electron chi connectivity index (χ1n) is 8.51. The lowest BCUT2D eigenvalue weighted by atomic mass is 10.1. The smallest absolute Gasteiger partial charge is 0.315 e. The molecule has 1 heterocycles. The second kappa shape index (κ2) is 8.89. The van der Waals surface area contributed by atoms with Crippen LogP contribution in [-0.4, -0.2) is 47.8 Å². The molecule has 0 spiro atoms. The maximum Gasteiger partial charge on any atom is 0.315 e. The standard InChI is InChI=1S/C18H29N3O2/c1-14(8-9-22)20-18(23)19-11-17-10-15(2)21(13-17)12-16-6-4-3-5-7-16/h3-7,14-15,17,22H,8-13H2,1-2H3,(H2,19,20,23)/t14-,15?,17?/m1/s1. The summed E-state index contributed by atoms with van der Waals surface area (Å²) in [4.78, 5) is 14.3. The number of benzene rings is 1. The summed E-state index contributed by atoms with van der Waals surface area (Å²) in [6.45, 7) is 6.94. The minimum absolute atomic E-state index is 0.00270. The van der Waals surface area contributed by atoms with Gasteiger partial charge in [-0.05, 0) is 38.2 Å². The number of hydrogen-bond donors (Lipinski definition) is 3. The zero-order chi connectivity index (χ0) is 16.7. The quantitative estimate of drug-likeness (QED) is 0.720. The predicted octanol–water partition coefficient (Wildman–Crippen LogP) is 1.97. The zero-order valence-corrected chi connectivity index (χ0v) is 14.2. The highest BCUT2D eigenvalue weighted by molar-refractivity contribution is 5.74. The molecule has 1 aromatic carbocycles. The van der Waals surface area contributed by atoms with Crippen LogP contribution in [-0.2, 0) is 6.54 Å². The van der Waals surface area contributed by atoms with E-state index in [1.54, 1.807) is 0 Å². The number of carbonyl (C=O) groups excluding carboxylic acids is 1. The Labute approximate surface area is 139 Å². The van der Waals surface area contributed by atoms with Gasteiger partial charge in [0, 0.05) is 38.3 Å². The van der Waals surface area contributed by atoms with Crippen LogP contribution in [0, 0.1) is 5.92 Å². The fourth-order valence-corrected chi connectivity index (χ4v) is 3.18. The molecule has 1 saturated heterocycles. The molecule has 1 aliphatic heterocycles. The molecule has 1 fully saturated rings. The third-order valence-corrected chi connectivity index (χ3v) is 4.51. The van der Waals surface area contributed by atoms with Crippen molar-refractivity contribution in [2.24, 2.45) is 5.92 Å². The second-order valence-corrected chi connectivity index (χ2v) is 6.63. The molecule has 5 nitrogen and oxygen atoms in total. The zero-order valence-electron chi connectivity index (χ0n) is 14.2. The molecule has 3 atom stereocenters. The molecule has 0 saturated carbocycles. The number of amides is 2. The van der Waals surface area contributed by atoms with Gasteiger partial charge in [-0.1, -0.05) is 30.3 Å². The maximum atomic E-state index is 11.8. The van der Waals surface area contributed by atoms with Crippen molar-refractivity contribution in [2.75, 3.05) is 19.7 Å². The number of likely N-dealkylation sites (tertiary alicyclic amines) is 1. The van der Waals surface area contributed by atoms with Crippen LogP contribution in [0.15, 0.2) is 30.3 Å². The summed E-state index contributed by atoms with van der Waals surface area (Å²) in [6, 6.07) is 10.9. The minimum Gasteiger partial charge on any atom is -0.396 e. The van der Waals surface area contributed by atoms with E-state index in [0.717, 1.165) is 19.5 Å². The van der Waals surface area contributed by atoms with Gasteiger partial charge in [0.1, 0.15) is 0 Å². The molecule has 1 aliphatic rings. The van der Waals surface area contributed by atoms with Gasteiger partial charge in [0.15, 0.2) is 0 Å². The van der Waals surface area contributed by atoms with Crippen molar-refractivity contribution < 1.29 is 9.90 Å². The first kappa shape index (κ1) is 17.8. The Kier molecular flexibility index (Phi) is 6.86. The highest BCUT2D eigenvalue weighted by Crippen LogP contribution is 2.24. The third-order valence-electron chi connectivity index (χ3n) is 4.51. The van der Waals surface area contributed by atoms with Gasteiger partial charge in [-0.25, -0.2) is 4.79 Å². The number of aliphatic hydroxyl groups is 1. The molecule has 0 aliphatic carbocycles. The molecular formula is C18H29N3O2. The van der Waals surface area contributed by atoms with Crippen molar-refractivity contribution in [3.63, 3.8) is 0 Å². The lowest BCUT2D eigenvalue weighted by Crippen LogP contribution is -2.43. The number of nitrogens with one attached hydrogen (secondary N) is 2. The summed E-state index contributed by atoms with van der Waals surface area (Å²) in [5.74, 6) is 0.493. The molecule has 3 N–H and O–H groups in total. The van der Waals surface area contributed by atoms with Crippen LogP contribution in [0.4, 0.5) is 4.79 Å². The molecule has 23 heavy (non-hydrogen) atoms. The molecule has 0 aromatic heterocycles. The Morgan fingerprint density at radius 1 is 1.39 bits per heavy atom. The van der Waals surface area contributed by atoms with Crippen molar-refractivity contribution >= 4 is 6.03 Å². The van der Waals surface area contributed by atoms with E-state index < -0.39 is 0 Å². The predicted molar refractivity (Wildman–Crippen MR) is 92.1 cm³/mol. The van der Waals surface area contributed by atoms with Crippen LogP contribution in [0.1, 0.15) is 32.3 Å². The van der Waals surface area contributed by atoms with E-state index in [2.05, 4.69) is 46.7 Å². The van der Waals surface area contributed by atoms with Crippen molar-refractivity contribution in [2.45, 2.75) is 45.3 Å². The van der Waals surface area contributed by atoms with E-state index in [1.165, 1.54) is 5.56 Å². The normalized spacial score (nSPS) is 22.7. The number of hydrogen-bond acceptors (Lipinski definition) is 3.